The van der Waals surface area contributed by atoms with Crippen molar-refractivity contribution in [3.63, 3.8) is 0 Å². The zero-order chi connectivity index (χ0) is 13.4. The summed E-state index contributed by atoms with van der Waals surface area (Å²) in [5.74, 6) is 0. The van der Waals surface area contributed by atoms with Crippen LogP contribution in [0.25, 0.3) is 0 Å². The van der Waals surface area contributed by atoms with E-state index in [1.54, 1.807) is 6.20 Å². The second-order valence-electron chi connectivity index (χ2n) is 6.29. The van der Waals surface area contributed by atoms with Gasteiger partial charge in [0.2, 0.25) is 0 Å². The molecule has 0 saturated heterocycles. The van der Waals surface area contributed by atoms with Crippen molar-refractivity contribution in [1.82, 2.24) is 9.78 Å². The lowest BCUT2D eigenvalue weighted by atomic mass is 9.68. The highest BCUT2D eigenvalue weighted by Gasteiger charge is 2.43. The Bertz CT molecular complexity index is 427. The molecule has 1 N–H and O–H groups in total. The first-order valence-corrected chi connectivity index (χ1v) is 7.20. The number of nitrogens with zero attached hydrogens (tertiary/aromatic N) is 2. The number of rotatable bonds is 3. The highest BCUT2D eigenvalue weighted by atomic mass is 35.5. The van der Waals surface area contributed by atoms with Gasteiger partial charge in [0.25, 0.3) is 0 Å². The zero-order valence-electron chi connectivity index (χ0n) is 11.5. The summed E-state index contributed by atoms with van der Waals surface area (Å²) in [6.45, 7) is 7.34. The molecule has 1 unspecified atom stereocenters. The van der Waals surface area contributed by atoms with E-state index in [1.807, 2.05) is 4.68 Å². The molecular weight excluding hydrogens is 248 g/mol. The predicted octanol–water partition coefficient (Wildman–Crippen LogP) is 3.73. The quantitative estimate of drug-likeness (QED) is 0.909. The molecule has 3 nitrogen and oxygen atoms in total. The number of hydrogen-bond acceptors (Lipinski definition) is 2. The van der Waals surface area contributed by atoms with Crippen LogP contribution in [0.15, 0.2) is 6.20 Å². The third-order valence-electron chi connectivity index (χ3n) is 3.89. The van der Waals surface area contributed by atoms with E-state index in [9.17, 15) is 5.11 Å². The van der Waals surface area contributed by atoms with Crippen molar-refractivity contribution < 1.29 is 5.11 Å². The zero-order valence-corrected chi connectivity index (χ0v) is 12.3. The normalized spacial score (nSPS) is 27.4. The first-order valence-electron chi connectivity index (χ1n) is 6.82. The van der Waals surface area contributed by atoms with Crippen LogP contribution in [-0.4, -0.2) is 14.9 Å². The van der Waals surface area contributed by atoms with Crippen LogP contribution in [0.4, 0.5) is 0 Å². The van der Waals surface area contributed by atoms with Crippen LogP contribution in [0.1, 0.15) is 58.6 Å². The topological polar surface area (TPSA) is 38.0 Å². The number of aliphatic hydroxyl groups is 1. The lowest BCUT2D eigenvalue weighted by Crippen LogP contribution is -2.38. The first kappa shape index (κ1) is 13.9. The van der Waals surface area contributed by atoms with E-state index in [4.69, 9.17) is 11.6 Å². The minimum absolute atomic E-state index is 0.164. The van der Waals surface area contributed by atoms with Crippen molar-refractivity contribution in [2.24, 2.45) is 5.41 Å². The van der Waals surface area contributed by atoms with Crippen LogP contribution in [0.2, 0.25) is 5.02 Å². The molecule has 0 amide bonds. The maximum Gasteiger partial charge on any atom is 0.108 e. The summed E-state index contributed by atoms with van der Waals surface area (Å²) < 4.78 is 1.88. The second kappa shape index (κ2) is 4.86. The molecule has 18 heavy (non-hydrogen) atoms. The molecule has 102 valence electrons. The molecule has 1 aromatic heterocycles. The van der Waals surface area contributed by atoms with Gasteiger partial charge in [-0.15, -0.1) is 0 Å². The Kier molecular flexibility index (Phi) is 3.75. The van der Waals surface area contributed by atoms with Crippen LogP contribution in [0.5, 0.6) is 0 Å². The molecule has 1 heterocycles. The SMILES string of the molecule is CCCn1ncc(Cl)c1C1(O)CCCC(C)(C)C1. The summed E-state index contributed by atoms with van der Waals surface area (Å²) in [6.07, 6.45) is 6.39. The fourth-order valence-electron chi connectivity index (χ4n) is 3.24. The number of hydrogen-bond donors (Lipinski definition) is 1. The van der Waals surface area contributed by atoms with E-state index in [2.05, 4.69) is 25.9 Å². The Morgan fingerprint density at radius 2 is 2.17 bits per heavy atom. The average molecular weight is 271 g/mol. The van der Waals surface area contributed by atoms with Crippen molar-refractivity contribution in [2.45, 2.75) is 65.0 Å². The van der Waals surface area contributed by atoms with Crippen LogP contribution >= 0.6 is 11.6 Å². The van der Waals surface area contributed by atoms with Gasteiger partial charge in [-0.05, 0) is 37.5 Å². The average Bonchev–Trinajstić information content (AvgIpc) is 2.59. The Morgan fingerprint density at radius 3 is 2.78 bits per heavy atom. The summed E-state index contributed by atoms with van der Waals surface area (Å²) in [4.78, 5) is 0. The first-order chi connectivity index (χ1) is 8.38. The molecule has 1 saturated carbocycles. The number of halogens is 1. The van der Waals surface area contributed by atoms with Gasteiger partial charge in [0.15, 0.2) is 0 Å². The summed E-state index contributed by atoms with van der Waals surface area (Å²) in [7, 11) is 0. The molecule has 1 aromatic rings. The van der Waals surface area contributed by atoms with Crippen molar-refractivity contribution in [2.75, 3.05) is 0 Å². The van der Waals surface area contributed by atoms with E-state index in [0.717, 1.165) is 44.3 Å². The third-order valence-corrected chi connectivity index (χ3v) is 4.16. The molecule has 0 aliphatic heterocycles. The van der Waals surface area contributed by atoms with Gasteiger partial charge in [-0.1, -0.05) is 32.4 Å². The molecule has 1 aliphatic carbocycles. The standard InChI is InChI=1S/C14H23ClN2O/c1-4-8-17-12(11(15)9-16-17)14(18)7-5-6-13(2,3)10-14/h9,18H,4-8,10H2,1-3H3. The number of aromatic nitrogens is 2. The third kappa shape index (κ3) is 2.57. The van der Waals surface area contributed by atoms with Gasteiger partial charge in [-0.3, -0.25) is 4.68 Å². The molecule has 0 bridgehead atoms. The van der Waals surface area contributed by atoms with E-state index in [1.165, 1.54) is 0 Å². The highest BCUT2D eigenvalue weighted by Crippen LogP contribution is 2.47. The van der Waals surface area contributed by atoms with Gasteiger partial charge in [0.1, 0.15) is 5.60 Å². The monoisotopic (exact) mass is 270 g/mol. The van der Waals surface area contributed by atoms with Crippen LogP contribution in [-0.2, 0) is 12.1 Å². The van der Waals surface area contributed by atoms with Gasteiger partial charge < -0.3 is 5.11 Å². The van der Waals surface area contributed by atoms with Gasteiger partial charge in [0.05, 0.1) is 16.9 Å². The Balaban J connectivity index is 2.37. The summed E-state index contributed by atoms with van der Waals surface area (Å²) >= 11 is 6.25. The highest BCUT2D eigenvalue weighted by molar-refractivity contribution is 6.31. The maximum absolute atomic E-state index is 11.0. The molecule has 0 spiro atoms. The van der Waals surface area contributed by atoms with E-state index < -0.39 is 5.60 Å². The fraction of sp³-hybridized carbons (Fsp3) is 0.786. The molecule has 1 fully saturated rings. The summed E-state index contributed by atoms with van der Waals surface area (Å²) in [6, 6.07) is 0. The van der Waals surface area contributed by atoms with Gasteiger partial charge >= 0.3 is 0 Å². The Hall–Kier alpha value is -0.540. The lowest BCUT2D eigenvalue weighted by Gasteiger charge is -2.41. The van der Waals surface area contributed by atoms with E-state index in [-0.39, 0.29) is 5.41 Å². The summed E-state index contributed by atoms with van der Waals surface area (Å²) in [5.41, 5.74) is 0.168. The lowest BCUT2D eigenvalue weighted by molar-refractivity contribution is -0.0505. The van der Waals surface area contributed by atoms with E-state index in [0.29, 0.717) is 5.02 Å². The molecule has 1 atom stereocenters. The van der Waals surface area contributed by atoms with Crippen LogP contribution < -0.4 is 0 Å². The van der Waals surface area contributed by atoms with Crippen LogP contribution in [0, 0.1) is 5.41 Å². The predicted molar refractivity (Wildman–Crippen MR) is 73.7 cm³/mol. The Morgan fingerprint density at radius 1 is 1.44 bits per heavy atom. The second-order valence-corrected chi connectivity index (χ2v) is 6.70. The molecule has 0 aromatic carbocycles. The number of aryl methyl sites for hydroxylation is 1. The van der Waals surface area contributed by atoms with Crippen molar-refractivity contribution in [3.05, 3.63) is 16.9 Å². The van der Waals surface area contributed by atoms with Crippen LogP contribution in [0.3, 0.4) is 0 Å². The van der Waals surface area contributed by atoms with Crippen molar-refractivity contribution in [3.8, 4) is 0 Å². The maximum atomic E-state index is 11.0. The fourth-order valence-corrected chi connectivity index (χ4v) is 3.55. The molecule has 0 radical (unpaired) electrons. The largest absolute Gasteiger partial charge is 0.383 e. The molecule has 4 heteroatoms. The van der Waals surface area contributed by atoms with Gasteiger partial charge in [0, 0.05) is 6.54 Å². The summed E-state index contributed by atoms with van der Waals surface area (Å²) in [5, 5.41) is 15.9. The van der Waals surface area contributed by atoms with Gasteiger partial charge in [-0.25, -0.2) is 0 Å². The molecular formula is C14H23ClN2O. The van der Waals surface area contributed by atoms with E-state index >= 15 is 0 Å². The smallest absolute Gasteiger partial charge is 0.108 e. The minimum atomic E-state index is -0.815. The Labute approximate surface area is 114 Å². The molecule has 2 rings (SSSR count). The van der Waals surface area contributed by atoms with Crippen molar-refractivity contribution >= 4 is 11.6 Å². The minimum Gasteiger partial charge on any atom is -0.383 e. The van der Waals surface area contributed by atoms with Crippen molar-refractivity contribution in [1.29, 1.82) is 0 Å². The molecule has 1 aliphatic rings. The van der Waals surface area contributed by atoms with Gasteiger partial charge in [-0.2, -0.15) is 5.10 Å².